The van der Waals surface area contributed by atoms with E-state index in [1.54, 1.807) is 0 Å². The first kappa shape index (κ1) is 17.6. The van der Waals surface area contributed by atoms with E-state index in [9.17, 15) is 15.4 Å². The lowest BCUT2D eigenvalue weighted by atomic mass is 10.1. The topological polar surface area (TPSA) is 139 Å². The third kappa shape index (κ3) is 3.19. The molecule has 1 aliphatic rings. The van der Waals surface area contributed by atoms with E-state index in [0.717, 1.165) is 11.9 Å². The van der Waals surface area contributed by atoms with Crippen molar-refractivity contribution in [3.8, 4) is 0 Å². The van der Waals surface area contributed by atoms with Gasteiger partial charge in [0.2, 0.25) is 0 Å². The van der Waals surface area contributed by atoms with Crippen LogP contribution in [0.15, 0.2) is 43.0 Å². The molecule has 1 fully saturated rings. The zero-order chi connectivity index (χ0) is 19.0. The molecule has 3 aromatic rings. The van der Waals surface area contributed by atoms with Crippen LogP contribution in [0.2, 0.25) is 0 Å². The third-order valence-corrected chi connectivity index (χ3v) is 4.52. The number of benzene rings is 1. The molecule has 3 heterocycles. The van der Waals surface area contributed by atoms with Gasteiger partial charge in [0.1, 0.15) is 24.6 Å². The van der Waals surface area contributed by atoms with Gasteiger partial charge in [-0.15, -0.1) is 0 Å². The number of aliphatic hydroxyl groups excluding tert-OH is 2. The summed E-state index contributed by atoms with van der Waals surface area (Å²) < 4.78 is 13.4. The molecule has 4 N–H and O–H groups in total. The van der Waals surface area contributed by atoms with Crippen LogP contribution in [-0.2, 0) is 16.1 Å². The van der Waals surface area contributed by atoms with E-state index in [-0.39, 0.29) is 23.3 Å². The van der Waals surface area contributed by atoms with Gasteiger partial charge in [0.15, 0.2) is 22.9 Å². The Morgan fingerprint density at radius 3 is 2.67 bits per heavy atom. The molecule has 10 heteroatoms. The maximum Gasteiger partial charge on any atom is 0.192 e. The molecule has 4 rings (SSSR count). The number of nitrogens with one attached hydrogen (secondary N) is 1. The van der Waals surface area contributed by atoms with Crippen molar-refractivity contribution in [2.75, 3.05) is 6.61 Å². The van der Waals surface area contributed by atoms with E-state index in [1.165, 1.54) is 10.9 Å². The molecule has 2 aromatic heterocycles. The Balaban J connectivity index is 1.49. The number of nitrogens with zero attached hydrogens (tertiary/aromatic N) is 4. The molecule has 1 aliphatic heterocycles. The minimum atomic E-state index is -1.22. The van der Waals surface area contributed by atoms with Crippen molar-refractivity contribution in [2.24, 2.45) is 0 Å². The number of ether oxygens (including phenoxy) is 2. The Kier molecular flexibility index (Phi) is 4.62. The molecule has 1 aromatic carbocycles. The molecule has 27 heavy (non-hydrogen) atoms. The zero-order valence-electron chi connectivity index (χ0n) is 14.2. The maximum absolute atomic E-state index is 10.4. The minimum absolute atomic E-state index is 0.101. The van der Waals surface area contributed by atoms with Gasteiger partial charge in [-0.1, -0.05) is 30.3 Å². The first-order valence-electron chi connectivity index (χ1n) is 8.37. The van der Waals surface area contributed by atoms with Crippen molar-refractivity contribution in [3.05, 3.63) is 54.0 Å². The minimum Gasteiger partial charge on any atom is -0.425 e. The molecule has 0 bridgehead atoms. The quantitative estimate of drug-likeness (QED) is 0.454. The first-order valence-corrected chi connectivity index (χ1v) is 8.37. The molecule has 4 atom stereocenters. The fourth-order valence-electron chi connectivity index (χ4n) is 3.08. The average molecular weight is 373 g/mol. The van der Waals surface area contributed by atoms with Crippen molar-refractivity contribution in [1.82, 2.24) is 19.3 Å². The lowest BCUT2D eigenvalue weighted by molar-refractivity contribution is -0.0682. The molecular formula is C17H19N5O5. The molecule has 0 spiro atoms. The highest BCUT2D eigenvalue weighted by Gasteiger charge is 2.44. The Morgan fingerprint density at radius 1 is 1.11 bits per heavy atom. The first-order chi connectivity index (χ1) is 13.1. The third-order valence-electron chi connectivity index (χ3n) is 4.52. The Bertz CT molecular complexity index is 988. The monoisotopic (exact) mass is 373 g/mol. The van der Waals surface area contributed by atoms with Gasteiger partial charge in [-0.25, -0.2) is 9.97 Å². The van der Waals surface area contributed by atoms with E-state index in [0.29, 0.717) is 11.3 Å². The van der Waals surface area contributed by atoms with Crippen LogP contribution in [0.5, 0.6) is 0 Å². The second kappa shape index (κ2) is 7.08. The van der Waals surface area contributed by atoms with E-state index in [4.69, 9.17) is 14.9 Å². The molecular weight excluding hydrogens is 354 g/mol. The van der Waals surface area contributed by atoms with Gasteiger partial charge < -0.3 is 24.9 Å². The maximum atomic E-state index is 10.4. The summed E-state index contributed by atoms with van der Waals surface area (Å²) in [5, 5.41) is 38.0. The van der Waals surface area contributed by atoms with Crippen molar-refractivity contribution < 1.29 is 24.9 Å². The lowest BCUT2D eigenvalue weighted by Crippen LogP contribution is -2.33. The van der Waals surface area contributed by atoms with E-state index in [2.05, 4.69) is 9.97 Å². The zero-order valence-corrected chi connectivity index (χ0v) is 14.2. The number of imidazole rings is 1. The average Bonchev–Trinajstić information content (AvgIpc) is 3.22. The highest BCUT2D eigenvalue weighted by Crippen LogP contribution is 2.31. The second-order valence-electron chi connectivity index (χ2n) is 6.31. The Labute approximate surface area is 153 Å². The number of hydrogen-bond donors (Lipinski definition) is 4. The number of fused-ring (bicyclic) bond motifs is 1. The number of hydrogen-bond acceptors (Lipinski definition) is 8. The van der Waals surface area contributed by atoms with Crippen molar-refractivity contribution >= 4 is 11.2 Å². The number of aromatic nitrogens is 4. The van der Waals surface area contributed by atoms with Crippen molar-refractivity contribution in [2.45, 2.75) is 31.1 Å². The van der Waals surface area contributed by atoms with Crippen LogP contribution in [0, 0.1) is 5.41 Å². The fraction of sp³-hybridized carbons (Fsp3) is 0.353. The van der Waals surface area contributed by atoms with Gasteiger partial charge in [0, 0.05) is 0 Å². The van der Waals surface area contributed by atoms with Gasteiger partial charge in [-0.2, -0.15) is 4.73 Å². The van der Waals surface area contributed by atoms with E-state index < -0.39 is 24.5 Å². The highest BCUT2D eigenvalue weighted by molar-refractivity contribution is 5.68. The van der Waals surface area contributed by atoms with Crippen LogP contribution in [-0.4, -0.2) is 59.6 Å². The lowest BCUT2D eigenvalue weighted by Gasteiger charge is -2.16. The van der Waals surface area contributed by atoms with Crippen LogP contribution >= 0.6 is 0 Å². The van der Waals surface area contributed by atoms with Gasteiger partial charge in [0.05, 0.1) is 19.5 Å². The normalized spacial score (nSPS) is 25.3. The molecule has 0 unspecified atom stereocenters. The largest absolute Gasteiger partial charge is 0.425 e. The summed E-state index contributed by atoms with van der Waals surface area (Å²) in [4.78, 5) is 8.06. The second-order valence-corrected chi connectivity index (χ2v) is 6.31. The van der Waals surface area contributed by atoms with Gasteiger partial charge in [-0.3, -0.25) is 9.98 Å². The molecule has 0 aliphatic carbocycles. The van der Waals surface area contributed by atoms with Gasteiger partial charge in [-0.05, 0) is 5.56 Å². The number of rotatable bonds is 5. The van der Waals surface area contributed by atoms with Crippen LogP contribution in [0.1, 0.15) is 11.8 Å². The SMILES string of the molecule is N=c1c2ncn([C@@H]3O[C@H](COCc4ccccc4)[C@@H](O)[C@H]3O)c2ncn1O. The fourth-order valence-corrected chi connectivity index (χ4v) is 3.08. The summed E-state index contributed by atoms with van der Waals surface area (Å²) >= 11 is 0. The van der Waals surface area contributed by atoms with Crippen LogP contribution < -0.4 is 5.49 Å². The molecule has 0 radical (unpaired) electrons. The predicted octanol–water partition coefficient (Wildman–Crippen LogP) is -0.214. The Hall–Kier alpha value is -2.79. The van der Waals surface area contributed by atoms with Crippen molar-refractivity contribution in [1.29, 1.82) is 5.41 Å². The van der Waals surface area contributed by atoms with E-state index >= 15 is 0 Å². The highest BCUT2D eigenvalue weighted by atomic mass is 16.6. The van der Waals surface area contributed by atoms with Crippen LogP contribution in [0.3, 0.4) is 0 Å². The molecule has 0 saturated carbocycles. The van der Waals surface area contributed by atoms with Crippen LogP contribution in [0.4, 0.5) is 0 Å². The number of aliphatic hydroxyl groups is 2. The smallest absolute Gasteiger partial charge is 0.192 e. The molecule has 1 saturated heterocycles. The Morgan fingerprint density at radius 2 is 1.89 bits per heavy atom. The summed E-state index contributed by atoms with van der Waals surface area (Å²) in [5.41, 5.74) is 1.16. The van der Waals surface area contributed by atoms with Gasteiger partial charge >= 0.3 is 0 Å². The van der Waals surface area contributed by atoms with Crippen molar-refractivity contribution in [3.63, 3.8) is 0 Å². The van der Waals surface area contributed by atoms with Crippen LogP contribution in [0.25, 0.3) is 11.2 Å². The molecule has 142 valence electrons. The molecule has 10 nitrogen and oxygen atoms in total. The van der Waals surface area contributed by atoms with E-state index in [1.807, 2.05) is 30.3 Å². The summed E-state index contributed by atoms with van der Waals surface area (Å²) in [7, 11) is 0. The summed E-state index contributed by atoms with van der Waals surface area (Å²) in [6.07, 6.45) is -1.62. The summed E-state index contributed by atoms with van der Waals surface area (Å²) in [6, 6.07) is 9.59. The molecule has 0 amide bonds. The predicted molar refractivity (Wildman–Crippen MR) is 90.6 cm³/mol. The summed E-state index contributed by atoms with van der Waals surface area (Å²) in [6.45, 7) is 0.465. The van der Waals surface area contributed by atoms with Gasteiger partial charge in [0.25, 0.3) is 0 Å². The standard InChI is InChI=1S/C17H19N5O5/c18-15-12-16(20-9-22(15)25)21(8-19-12)17-14(24)13(23)11(27-17)7-26-6-10-4-2-1-3-5-10/h1-5,8-9,11,13-14,17-18,23-25H,6-7H2/t11-,13-,14-,17-/m1/s1. The summed E-state index contributed by atoms with van der Waals surface area (Å²) in [5.74, 6) is 0.